The normalized spacial score (nSPS) is 14.7. The predicted molar refractivity (Wildman–Crippen MR) is 48.3 cm³/mol. The van der Waals surface area contributed by atoms with Crippen LogP contribution in [0.5, 0.6) is 0 Å². The molecule has 1 aliphatic heterocycles. The lowest BCUT2D eigenvalue weighted by Gasteiger charge is -2.00. The standard InChI is InChI=1S/C7H7BClNO2/c9-10-6-2-1-5-4-12-8(11)7(5)3-6/h1-3,10-11H,4H2. The zero-order valence-corrected chi connectivity index (χ0v) is 7.01. The number of hydrogen-bond acceptors (Lipinski definition) is 3. The molecule has 0 spiro atoms. The Morgan fingerprint density at radius 1 is 1.58 bits per heavy atom. The summed E-state index contributed by atoms with van der Waals surface area (Å²) < 4.78 is 5.01. The molecule has 0 aromatic heterocycles. The molecule has 1 aromatic carbocycles. The lowest BCUT2D eigenvalue weighted by atomic mass is 9.79. The SMILES string of the molecule is OB1OCc2ccc(NCl)cc21. The lowest BCUT2D eigenvalue weighted by molar-refractivity contribution is 0.275. The van der Waals surface area contributed by atoms with Crippen molar-refractivity contribution in [3.8, 4) is 0 Å². The minimum Gasteiger partial charge on any atom is -0.423 e. The third-order valence-corrected chi connectivity index (χ3v) is 2.14. The van der Waals surface area contributed by atoms with E-state index in [0.29, 0.717) is 6.61 Å². The van der Waals surface area contributed by atoms with Crippen molar-refractivity contribution in [3.63, 3.8) is 0 Å². The largest absolute Gasteiger partial charge is 0.491 e. The summed E-state index contributed by atoms with van der Waals surface area (Å²) in [6.07, 6.45) is 0. The molecule has 5 heteroatoms. The van der Waals surface area contributed by atoms with Gasteiger partial charge in [-0.3, -0.25) is 4.84 Å². The smallest absolute Gasteiger partial charge is 0.423 e. The maximum Gasteiger partial charge on any atom is 0.491 e. The summed E-state index contributed by atoms with van der Waals surface area (Å²) in [5.74, 6) is 0. The second-order valence-corrected chi connectivity index (χ2v) is 2.86. The van der Waals surface area contributed by atoms with Crippen LogP contribution in [0.2, 0.25) is 0 Å². The predicted octanol–water partition coefficient (Wildman–Crippen LogP) is 0.470. The number of nitrogens with one attached hydrogen (secondary N) is 1. The molecule has 0 unspecified atom stereocenters. The number of hydrogen-bond donors (Lipinski definition) is 2. The van der Waals surface area contributed by atoms with Gasteiger partial charge in [-0.15, -0.1) is 0 Å². The fourth-order valence-corrected chi connectivity index (χ4v) is 1.39. The molecule has 2 N–H and O–H groups in total. The summed E-state index contributed by atoms with van der Waals surface area (Å²) in [6, 6.07) is 5.50. The van der Waals surface area contributed by atoms with Gasteiger partial charge in [0.1, 0.15) is 0 Å². The minimum absolute atomic E-state index is 0.471. The van der Waals surface area contributed by atoms with Gasteiger partial charge in [-0.25, -0.2) is 0 Å². The highest BCUT2D eigenvalue weighted by Gasteiger charge is 2.26. The van der Waals surface area contributed by atoms with Gasteiger partial charge in [-0.05, 0) is 23.2 Å². The van der Waals surface area contributed by atoms with Crippen LogP contribution >= 0.6 is 11.8 Å². The second-order valence-electron chi connectivity index (χ2n) is 2.67. The van der Waals surface area contributed by atoms with Crippen LogP contribution in [0.25, 0.3) is 0 Å². The molecular weight excluding hydrogens is 176 g/mol. The number of rotatable bonds is 1. The van der Waals surface area contributed by atoms with Crippen molar-refractivity contribution in [1.82, 2.24) is 0 Å². The Kier molecular flexibility index (Phi) is 1.96. The van der Waals surface area contributed by atoms with Crippen molar-refractivity contribution < 1.29 is 9.68 Å². The highest BCUT2D eigenvalue weighted by molar-refractivity contribution is 6.61. The molecule has 3 nitrogen and oxygen atoms in total. The van der Waals surface area contributed by atoms with Crippen molar-refractivity contribution in [2.24, 2.45) is 0 Å². The number of fused-ring (bicyclic) bond motifs is 1. The fraction of sp³-hybridized carbons (Fsp3) is 0.143. The summed E-state index contributed by atoms with van der Waals surface area (Å²) in [5, 5.41) is 9.31. The zero-order valence-electron chi connectivity index (χ0n) is 6.25. The van der Waals surface area contributed by atoms with Crippen molar-refractivity contribution in [1.29, 1.82) is 0 Å². The summed E-state index contributed by atoms with van der Waals surface area (Å²) in [6.45, 7) is 0.471. The van der Waals surface area contributed by atoms with Gasteiger partial charge in [0, 0.05) is 17.5 Å². The van der Waals surface area contributed by atoms with Gasteiger partial charge in [-0.2, -0.15) is 0 Å². The Bertz CT molecular complexity index is 307. The van der Waals surface area contributed by atoms with Gasteiger partial charge in [-0.1, -0.05) is 6.07 Å². The van der Waals surface area contributed by atoms with E-state index in [1.54, 1.807) is 6.07 Å². The topological polar surface area (TPSA) is 41.5 Å². The van der Waals surface area contributed by atoms with Crippen LogP contribution in [0, 0.1) is 0 Å². The maximum atomic E-state index is 9.31. The van der Waals surface area contributed by atoms with Gasteiger partial charge < -0.3 is 9.68 Å². The average molecular weight is 183 g/mol. The fourth-order valence-electron chi connectivity index (χ4n) is 1.27. The molecule has 0 radical (unpaired) electrons. The first-order valence-electron chi connectivity index (χ1n) is 3.60. The minimum atomic E-state index is -0.801. The van der Waals surface area contributed by atoms with Crippen molar-refractivity contribution >= 4 is 30.0 Å². The average Bonchev–Trinajstić information content (AvgIpc) is 2.47. The van der Waals surface area contributed by atoms with Gasteiger partial charge in [0.05, 0.1) is 6.61 Å². The first kappa shape index (κ1) is 7.92. The molecule has 62 valence electrons. The number of benzene rings is 1. The van der Waals surface area contributed by atoms with Crippen molar-refractivity contribution in [2.75, 3.05) is 4.84 Å². The van der Waals surface area contributed by atoms with Crippen LogP contribution in [0.15, 0.2) is 18.2 Å². The third-order valence-electron chi connectivity index (χ3n) is 1.92. The molecule has 0 saturated carbocycles. The van der Waals surface area contributed by atoms with E-state index in [9.17, 15) is 5.02 Å². The molecule has 0 atom stereocenters. The summed E-state index contributed by atoms with van der Waals surface area (Å²) in [4.78, 5) is 2.48. The molecule has 0 aliphatic carbocycles. The van der Waals surface area contributed by atoms with Gasteiger partial charge in [0.15, 0.2) is 0 Å². The Labute approximate surface area is 75.6 Å². The van der Waals surface area contributed by atoms with E-state index in [4.69, 9.17) is 16.4 Å². The Morgan fingerprint density at radius 3 is 3.17 bits per heavy atom. The first-order chi connectivity index (χ1) is 5.81. The maximum absolute atomic E-state index is 9.31. The quantitative estimate of drug-likeness (QED) is 0.491. The van der Waals surface area contributed by atoms with E-state index in [-0.39, 0.29) is 0 Å². The summed E-state index contributed by atoms with van der Waals surface area (Å²) in [7, 11) is -0.801. The number of halogens is 1. The zero-order chi connectivity index (χ0) is 8.55. The Balaban J connectivity index is 2.43. The van der Waals surface area contributed by atoms with E-state index in [2.05, 4.69) is 4.84 Å². The summed E-state index contributed by atoms with van der Waals surface area (Å²) in [5.41, 5.74) is 2.57. The van der Waals surface area contributed by atoms with Crippen LogP contribution in [0.3, 0.4) is 0 Å². The highest BCUT2D eigenvalue weighted by atomic mass is 35.5. The molecule has 12 heavy (non-hydrogen) atoms. The van der Waals surface area contributed by atoms with Crippen LogP contribution in [-0.4, -0.2) is 12.1 Å². The molecule has 1 heterocycles. The van der Waals surface area contributed by atoms with Crippen LogP contribution in [0.4, 0.5) is 5.69 Å². The van der Waals surface area contributed by atoms with E-state index < -0.39 is 7.12 Å². The lowest BCUT2D eigenvalue weighted by Crippen LogP contribution is -2.27. The highest BCUT2D eigenvalue weighted by Crippen LogP contribution is 2.14. The van der Waals surface area contributed by atoms with E-state index >= 15 is 0 Å². The van der Waals surface area contributed by atoms with E-state index in [1.165, 1.54) is 0 Å². The molecular formula is C7H7BClNO2. The third kappa shape index (κ3) is 1.18. The molecule has 0 fully saturated rings. The van der Waals surface area contributed by atoms with E-state index in [0.717, 1.165) is 16.7 Å². The monoisotopic (exact) mass is 183 g/mol. The molecule has 0 bridgehead atoms. The Hall–Kier alpha value is -0.705. The van der Waals surface area contributed by atoms with Gasteiger partial charge in [0.2, 0.25) is 0 Å². The van der Waals surface area contributed by atoms with Gasteiger partial charge >= 0.3 is 7.12 Å². The molecule has 2 rings (SSSR count). The molecule has 0 amide bonds. The Morgan fingerprint density at radius 2 is 2.42 bits per heavy atom. The van der Waals surface area contributed by atoms with Crippen molar-refractivity contribution in [2.45, 2.75) is 6.61 Å². The molecule has 1 aromatic rings. The van der Waals surface area contributed by atoms with Crippen LogP contribution in [0.1, 0.15) is 5.56 Å². The van der Waals surface area contributed by atoms with Crippen molar-refractivity contribution in [3.05, 3.63) is 23.8 Å². The summed E-state index contributed by atoms with van der Waals surface area (Å²) >= 11 is 5.40. The second kappa shape index (κ2) is 2.97. The molecule has 0 saturated heterocycles. The van der Waals surface area contributed by atoms with Crippen LogP contribution in [-0.2, 0) is 11.3 Å². The molecule has 1 aliphatic rings. The first-order valence-corrected chi connectivity index (χ1v) is 3.98. The number of anilines is 1. The van der Waals surface area contributed by atoms with Gasteiger partial charge in [0.25, 0.3) is 0 Å². The van der Waals surface area contributed by atoms with Crippen LogP contribution < -0.4 is 10.3 Å². The van der Waals surface area contributed by atoms with E-state index in [1.807, 2.05) is 12.1 Å².